The second-order valence-corrected chi connectivity index (χ2v) is 10.4. The summed E-state index contributed by atoms with van der Waals surface area (Å²) < 4.78 is 5.79. The zero-order valence-electron chi connectivity index (χ0n) is 20.4. The van der Waals surface area contributed by atoms with Gasteiger partial charge < -0.3 is 14.5 Å². The SMILES string of the molecule is CN1CCc2nc3ccccc3c(C(=O)OCC(=O)N(C3CCCCC3)C3CCCCC3)c2C1. The molecule has 5 rings (SSSR count). The van der Waals surface area contributed by atoms with E-state index in [4.69, 9.17) is 9.72 Å². The van der Waals surface area contributed by atoms with Crippen LogP contribution < -0.4 is 0 Å². The molecule has 3 aliphatic rings. The molecule has 2 heterocycles. The quantitative estimate of drug-likeness (QED) is 0.592. The molecule has 34 heavy (non-hydrogen) atoms. The highest BCUT2D eigenvalue weighted by Crippen LogP contribution is 2.31. The van der Waals surface area contributed by atoms with E-state index in [1.807, 2.05) is 24.3 Å². The van der Waals surface area contributed by atoms with E-state index in [2.05, 4.69) is 16.8 Å². The van der Waals surface area contributed by atoms with Crippen molar-refractivity contribution in [2.24, 2.45) is 0 Å². The molecule has 2 aliphatic carbocycles. The standard InChI is InChI=1S/C28H37N3O3/c1-30-17-16-25-23(18-30)27(22-14-8-9-15-24(22)29-25)28(33)34-19-26(32)31(20-10-4-2-5-11-20)21-12-6-3-7-13-21/h8-9,14-15,20-21H,2-7,10-13,16-19H2,1H3. The molecule has 0 spiro atoms. The fourth-order valence-corrected chi connectivity index (χ4v) is 6.26. The number of carbonyl (C=O) groups is 2. The number of para-hydroxylation sites is 1. The molecular formula is C28H37N3O3. The van der Waals surface area contributed by atoms with E-state index in [0.29, 0.717) is 24.2 Å². The van der Waals surface area contributed by atoms with E-state index in [1.165, 1.54) is 38.5 Å². The van der Waals surface area contributed by atoms with Crippen molar-refractivity contribution >= 4 is 22.8 Å². The Kier molecular flexibility index (Phi) is 7.14. The van der Waals surface area contributed by atoms with E-state index in [1.54, 1.807) is 0 Å². The molecule has 0 unspecified atom stereocenters. The fraction of sp³-hybridized carbons (Fsp3) is 0.607. The summed E-state index contributed by atoms with van der Waals surface area (Å²) in [6.45, 7) is 1.41. The average molecular weight is 464 g/mol. The van der Waals surface area contributed by atoms with Gasteiger partial charge in [0.25, 0.3) is 5.91 Å². The number of carbonyl (C=O) groups excluding carboxylic acids is 2. The number of rotatable bonds is 5. The molecule has 0 bridgehead atoms. The first-order valence-corrected chi connectivity index (χ1v) is 13.2. The summed E-state index contributed by atoms with van der Waals surface area (Å²) in [7, 11) is 2.06. The highest BCUT2D eigenvalue weighted by atomic mass is 16.5. The zero-order chi connectivity index (χ0) is 23.5. The van der Waals surface area contributed by atoms with Crippen molar-refractivity contribution in [3.8, 4) is 0 Å². The number of hydrogen-bond acceptors (Lipinski definition) is 5. The minimum Gasteiger partial charge on any atom is -0.452 e. The third-order valence-electron chi connectivity index (χ3n) is 7.99. The molecule has 0 N–H and O–H groups in total. The number of pyridine rings is 1. The third kappa shape index (κ3) is 4.83. The lowest BCUT2D eigenvalue weighted by Gasteiger charge is -2.41. The predicted molar refractivity (Wildman–Crippen MR) is 133 cm³/mol. The molecule has 1 aliphatic heterocycles. The molecule has 0 saturated heterocycles. The highest BCUT2D eigenvalue weighted by Gasteiger charge is 2.33. The van der Waals surface area contributed by atoms with Crippen molar-refractivity contribution in [1.29, 1.82) is 0 Å². The summed E-state index contributed by atoms with van der Waals surface area (Å²) in [4.78, 5) is 36.1. The van der Waals surface area contributed by atoms with Gasteiger partial charge in [0.05, 0.1) is 11.1 Å². The lowest BCUT2D eigenvalue weighted by molar-refractivity contribution is -0.141. The van der Waals surface area contributed by atoms with Gasteiger partial charge in [-0.25, -0.2) is 4.79 Å². The first-order chi connectivity index (χ1) is 16.6. The van der Waals surface area contributed by atoms with Crippen molar-refractivity contribution in [3.05, 3.63) is 41.1 Å². The smallest absolute Gasteiger partial charge is 0.339 e. The van der Waals surface area contributed by atoms with Crippen LogP contribution in [0, 0.1) is 0 Å². The molecule has 2 aromatic rings. The number of ether oxygens (including phenoxy) is 1. The molecule has 1 aromatic carbocycles. The first kappa shape index (κ1) is 23.3. The molecular weight excluding hydrogens is 426 g/mol. The first-order valence-electron chi connectivity index (χ1n) is 13.2. The van der Waals surface area contributed by atoms with Gasteiger partial charge in [0, 0.05) is 48.2 Å². The Morgan fingerprint density at radius 1 is 1.00 bits per heavy atom. The van der Waals surface area contributed by atoms with Gasteiger partial charge >= 0.3 is 5.97 Å². The highest BCUT2D eigenvalue weighted by molar-refractivity contribution is 6.05. The summed E-state index contributed by atoms with van der Waals surface area (Å²) in [6.07, 6.45) is 12.4. The normalized spacial score (nSPS) is 20.1. The summed E-state index contributed by atoms with van der Waals surface area (Å²) in [6, 6.07) is 8.35. The third-order valence-corrected chi connectivity index (χ3v) is 7.99. The molecule has 1 amide bonds. The topological polar surface area (TPSA) is 62.7 Å². The van der Waals surface area contributed by atoms with Crippen LogP contribution in [0.3, 0.4) is 0 Å². The maximum atomic E-state index is 13.5. The van der Waals surface area contributed by atoms with Gasteiger partial charge in [0.15, 0.2) is 6.61 Å². The van der Waals surface area contributed by atoms with Crippen LogP contribution >= 0.6 is 0 Å². The maximum Gasteiger partial charge on any atom is 0.339 e. The molecule has 182 valence electrons. The van der Waals surface area contributed by atoms with Gasteiger partial charge in [-0.15, -0.1) is 0 Å². The van der Waals surface area contributed by atoms with Crippen molar-refractivity contribution in [3.63, 3.8) is 0 Å². The Bertz CT molecular complexity index is 1020. The number of aromatic nitrogens is 1. The predicted octanol–water partition coefficient (Wildman–Crippen LogP) is 4.87. The van der Waals surface area contributed by atoms with Crippen LogP contribution in [0.1, 0.15) is 85.8 Å². The molecule has 0 radical (unpaired) electrons. The van der Waals surface area contributed by atoms with Crippen LogP contribution in [0.5, 0.6) is 0 Å². The molecule has 6 nitrogen and oxygen atoms in total. The number of fused-ring (bicyclic) bond motifs is 2. The lowest BCUT2D eigenvalue weighted by atomic mass is 9.88. The number of amides is 1. The molecule has 2 saturated carbocycles. The Morgan fingerprint density at radius 2 is 1.65 bits per heavy atom. The van der Waals surface area contributed by atoms with Crippen molar-refractivity contribution < 1.29 is 14.3 Å². The van der Waals surface area contributed by atoms with E-state index < -0.39 is 5.97 Å². The zero-order valence-corrected chi connectivity index (χ0v) is 20.4. The summed E-state index contributed by atoms with van der Waals surface area (Å²) in [5, 5.41) is 0.811. The van der Waals surface area contributed by atoms with Crippen LogP contribution in [0.15, 0.2) is 24.3 Å². The van der Waals surface area contributed by atoms with Crippen molar-refractivity contribution in [2.75, 3.05) is 20.2 Å². The second-order valence-electron chi connectivity index (χ2n) is 10.4. The van der Waals surface area contributed by atoms with Crippen LogP contribution in [-0.4, -0.2) is 58.9 Å². The van der Waals surface area contributed by atoms with Crippen LogP contribution in [0.2, 0.25) is 0 Å². The van der Waals surface area contributed by atoms with E-state index in [0.717, 1.165) is 60.8 Å². The number of likely N-dealkylation sites (N-methyl/N-ethyl adjacent to an activating group) is 1. The fourth-order valence-electron chi connectivity index (χ4n) is 6.26. The summed E-state index contributed by atoms with van der Waals surface area (Å²) >= 11 is 0. The van der Waals surface area contributed by atoms with Crippen molar-refractivity contribution in [1.82, 2.24) is 14.8 Å². The van der Waals surface area contributed by atoms with Gasteiger partial charge in [0.2, 0.25) is 0 Å². The Hall–Kier alpha value is -2.47. The molecule has 2 fully saturated rings. The second kappa shape index (κ2) is 10.4. The van der Waals surface area contributed by atoms with E-state index in [-0.39, 0.29) is 12.5 Å². The number of nitrogens with zero attached hydrogens (tertiary/aromatic N) is 3. The lowest BCUT2D eigenvalue weighted by Crippen LogP contribution is -2.50. The molecule has 6 heteroatoms. The summed E-state index contributed by atoms with van der Waals surface area (Å²) in [5.74, 6) is -0.415. The Balaban J connectivity index is 1.37. The number of benzene rings is 1. The van der Waals surface area contributed by atoms with Crippen LogP contribution in [0.4, 0.5) is 0 Å². The number of hydrogen-bond donors (Lipinski definition) is 0. The van der Waals surface area contributed by atoms with Crippen molar-refractivity contribution in [2.45, 2.75) is 89.3 Å². The monoisotopic (exact) mass is 463 g/mol. The maximum absolute atomic E-state index is 13.5. The Morgan fingerprint density at radius 3 is 2.32 bits per heavy atom. The van der Waals surface area contributed by atoms with Crippen LogP contribution in [-0.2, 0) is 22.5 Å². The number of esters is 1. The van der Waals surface area contributed by atoms with E-state index in [9.17, 15) is 9.59 Å². The van der Waals surface area contributed by atoms with Gasteiger partial charge in [-0.1, -0.05) is 56.7 Å². The van der Waals surface area contributed by atoms with Gasteiger partial charge in [0.1, 0.15) is 0 Å². The average Bonchev–Trinajstić information content (AvgIpc) is 2.87. The largest absolute Gasteiger partial charge is 0.452 e. The molecule has 0 atom stereocenters. The van der Waals surface area contributed by atoms with Gasteiger partial charge in [-0.3, -0.25) is 9.78 Å². The Labute approximate surface area is 202 Å². The van der Waals surface area contributed by atoms with E-state index >= 15 is 0 Å². The van der Waals surface area contributed by atoms with Gasteiger partial charge in [-0.05, 0) is 38.8 Å². The minimum absolute atomic E-state index is 0.0171. The van der Waals surface area contributed by atoms with Crippen LogP contribution in [0.25, 0.3) is 10.9 Å². The minimum atomic E-state index is -0.397. The van der Waals surface area contributed by atoms with Gasteiger partial charge in [-0.2, -0.15) is 0 Å². The molecule has 1 aromatic heterocycles. The summed E-state index contributed by atoms with van der Waals surface area (Å²) in [5.41, 5.74) is 3.32.